The Morgan fingerprint density at radius 1 is 1.26 bits per heavy atom. The number of ether oxygens (including phenoxy) is 1. The third kappa shape index (κ3) is 5.72. The first-order chi connectivity index (χ1) is 19.9. The summed E-state index contributed by atoms with van der Waals surface area (Å²) in [5.74, 6) is -6.46. The summed E-state index contributed by atoms with van der Waals surface area (Å²) in [6.45, 7) is 0.569. The lowest BCUT2D eigenvalue weighted by Gasteiger charge is -2.49. The van der Waals surface area contributed by atoms with E-state index in [0.29, 0.717) is 25.0 Å². The number of thioether (sulfide) groups is 1. The molecule has 2 saturated heterocycles. The fraction of sp³-hybridized carbons (Fsp3) is 0.458. The molecule has 2 atom stereocenters. The summed E-state index contributed by atoms with van der Waals surface area (Å²) in [6, 6.07) is -1.10. The smallest absolute Gasteiger partial charge is 0.398 e. The quantitative estimate of drug-likeness (QED) is 0.111. The van der Waals surface area contributed by atoms with Crippen molar-refractivity contribution in [2.75, 3.05) is 25.1 Å². The highest BCUT2D eigenvalue weighted by Gasteiger charge is 2.55. The van der Waals surface area contributed by atoms with Gasteiger partial charge in [0, 0.05) is 29.3 Å². The number of β-lactam (4-membered cyclic amide) rings is 1. The van der Waals surface area contributed by atoms with Crippen molar-refractivity contribution in [2.24, 2.45) is 5.16 Å². The number of carbonyl (C=O) groups excluding carboxylic acids is 5. The maximum atomic E-state index is 13.3. The van der Waals surface area contributed by atoms with Crippen molar-refractivity contribution in [1.82, 2.24) is 20.1 Å². The van der Waals surface area contributed by atoms with Gasteiger partial charge in [0.05, 0.1) is 0 Å². The summed E-state index contributed by atoms with van der Waals surface area (Å²) in [7, 11) is 1.19. The minimum Gasteiger partial charge on any atom is -0.398 e. The van der Waals surface area contributed by atoms with Gasteiger partial charge in [-0.15, -0.1) is 23.1 Å². The number of hydrogen-bond donors (Lipinski definition) is 2. The molecule has 42 heavy (non-hydrogen) atoms. The third-order valence-electron chi connectivity index (χ3n) is 6.77. The number of esters is 2. The van der Waals surface area contributed by atoms with E-state index in [1.165, 1.54) is 18.6 Å². The van der Waals surface area contributed by atoms with E-state index in [2.05, 4.69) is 20.2 Å². The average molecular weight is 629 g/mol. The number of nitrogens with two attached hydrogens (primary N) is 1. The number of piperidine rings is 1. The summed E-state index contributed by atoms with van der Waals surface area (Å²) in [6.07, 6.45) is -1.33. The van der Waals surface area contributed by atoms with Crippen LogP contribution in [-0.2, 0) is 33.5 Å². The molecule has 1 aromatic rings. The second-order valence-corrected chi connectivity index (χ2v) is 11.6. The Morgan fingerprint density at radius 3 is 2.62 bits per heavy atom. The molecule has 3 fully saturated rings. The van der Waals surface area contributed by atoms with Gasteiger partial charge in [0.1, 0.15) is 29.9 Å². The van der Waals surface area contributed by atoms with Gasteiger partial charge in [0.15, 0.2) is 10.8 Å². The topological polar surface area (TPSA) is 174 Å². The van der Waals surface area contributed by atoms with Gasteiger partial charge in [0.25, 0.3) is 11.8 Å². The lowest BCUT2D eigenvalue weighted by Crippen LogP contribution is -2.71. The molecular formula is C24H23F3N6O7S2. The van der Waals surface area contributed by atoms with Crippen molar-refractivity contribution >= 4 is 63.6 Å². The van der Waals surface area contributed by atoms with Gasteiger partial charge in [-0.05, 0) is 37.3 Å². The Morgan fingerprint density at radius 2 is 2.00 bits per heavy atom. The predicted molar refractivity (Wildman–Crippen MR) is 141 cm³/mol. The van der Waals surface area contributed by atoms with E-state index in [-0.39, 0.29) is 39.8 Å². The van der Waals surface area contributed by atoms with Crippen molar-refractivity contribution in [1.29, 1.82) is 0 Å². The molecule has 0 unspecified atom stereocenters. The normalized spacial score (nSPS) is 23.9. The van der Waals surface area contributed by atoms with Crippen LogP contribution in [0.2, 0.25) is 0 Å². The van der Waals surface area contributed by atoms with E-state index >= 15 is 0 Å². The molecule has 3 aliphatic heterocycles. The van der Waals surface area contributed by atoms with E-state index in [4.69, 9.17) is 10.6 Å². The number of allylic oxidation sites excluding steroid dienone is 1. The molecule has 1 saturated carbocycles. The molecule has 13 nitrogen and oxygen atoms in total. The number of halogens is 3. The minimum atomic E-state index is -5.46. The van der Waals surface area contributed by atoms with Crippen molar-refractivity contribution in [3.05, 3.63) is 34.0 Å². The number of nitrogens with one attached hydrogen (secondary N) is 1. The molecule has 5 rings (SSSR count). The van der Waals surface area contributed by atoms with Crippen LogP contribution in [0.4, 0.5) is 18.3 Å². The number of nitrogen functional groups attached to an aromatic ring is 1. The fourth-order valence-electron chi connectivity index (χ4n) is 4.75. The average Bonchev–Trinajstić information content (AvgIpc) is 3.69. The van der Waals surface area contributed by atoms with E-state index in [1.54, 1.807) is 4.90 Å². The lowest BCUT2D eigenvalue weighted by atomic mass is 9.98. The SMILES string of the molecule is CO/N=C(\C(=O)N[C@@H]1C(=O)N2C(C(=O)OC(=O)C(F)(F)F)=C(C=C3CCCN(C4CC4)C3=O)CS[C@H]12)c1csc(N)n1. The molecule has 0 bridgehead atoms. The number of carbonyl (C=O) groups is 5. The highest BCUT2D eigenvalue weighted by molar-refractivity contribution is 8.00. The summed E-state index contributed by atoms with van der Waals surface area (Å²) < 4.78 is 42.8. The Balaban J connectivity index is 1.42. The molecule has 4 aliphatic rings. The van der Waals surface area contributed by atoms with Crippen LogP contribution < -0.4 is 11.1 Å². The van der Waals surface area contributed by atoms with Gasteiger partial charge >= 0.3 is 18.1 Å². The number of nitrogens with zero attached hydrogens (tertiary/aromatic N) is 4. The largest absolute Gasteiger partial charge is 0.491 e. The first-order valence-electron chi connectivity index (χ1n) is 12.6. The van der Waals surface area contributed by atoms with Gasteiger partial charge in [-0.1, -0.05) is 5.16 Å². The predicted octanol–water partition coefficient (Wildman–Crippen LogP) is 1.07. The number of likely N-dealkylation sites (tertiary alicyclic amines) is 1. The first-order valence-corrected chi connectivity index (χ1v) is 14.5. The number of aromatic nitrogens is 1. The Hall–Kier alpha value is -3.93. The van der Waals surface area contributed by atoms with Gasteiger partial charge in [-0.25, -0.2) is 14.6 Å². The van der Waals surface area contributed by atoms with E-state index in [9.17, 15) is 37.1 Å². The lowest BCUT2D eigenvalue weighted by molar-refractivity contribution is -0.201. The number of fused-ring (bicyclic) bond motifs is 1. The zero-order valence-electron chi connectivity index (χ0n) is 21.8. The zero-order valence-corrected chi connectivity index (χ0v) is 23.4. The number of alkyl halides is 3. The van der Waals surface area contributed by atoms with Gasteiger partial charge in [-0.2, -0.15) is 13.2 Å². The molecule has 224 valence electrons. The Labute approximate surface area is 243 Å². The highest BCUT2D eigenvalue weighted by Crippen LogP contribution is 2.42. The summed E-state index contributed by atoms with van der Waals surface area (Å²) >= 11 is 2.13. The van der Waals surface area contributed by atoms with Gasteiger partial charge < -0.3 is 25.5 Å². The number of amides is 3. The first kappa shape index (κ1) is 29.6. The molecule has 1 aromatic heterocycles. The van der Waals surface area contributed by atoms with E-state index < -0.39 is 47.0 Å². The molecule has 1 aliphatic carbocycles. The second-order valence-electron chi connectivity index (χ2n) is 9.61. The van der Waals surface area contributed by atoms with Gasteiger partial charge in [0.2, 0.25) is 5.91 Å². The number of hydrogen-bond acceptors (Lipinski definition) is 12. The van der Waals surface area contributed by atoms with Crippen LogP contribution in [0.3, 0.4) is 0 Å². The molecule has 0 aromatic carbocycles. The highest BCUT2D eigenvalue weighted by atomic mass is 32.2. The van der Waals surface area contributed by atoms with Crippen LogP contribution in [0.25, 0.3) is 0 Å². The van der Waals surface area contributed by atoms with Crippen molar-refractivity contribution in [2.45, 2.75) is 49.3 Å². The molecule has 3 N–H and O–H groups in total. The number of anilines is 1. The summed E-state index contributed by atoms with van der Waals surface area (Å²) in [4.78, 5) is 75.0. The van der Waals surface area contributed by atoms with Crippen LogP contribution >= 0.6 is 23.1 Å². The maximum Gasteiger partial charge on any atom is 0.491 e. The molecular weight excluding hydrogens is 605 g/mol. The van der Waals surface area contributed by atoms with Crippen molar-refractivity contribution in [3.8, 4) is 0 Å². The van der Waals surface area contributed by atoms with Crippen molar-refractivity contribution in [3.63, 3.8) is 0 Å². The van der Waals surface area contributed by atoms with E-state index in [1.807, 2.05) is 0 Å². The van der Waals surface area contributed by atoms with Crippen LogP contribution in [0.1, 0.15) is 31.4 Å². The third-order valence-corrected chi connectivity index (χ3v) is 8.75. The van der Waals surface area contributed by atoms with Crippen LogP contribution in [0, 0.1) is 0 Å². The van der Waals surface area contributed by atoms with Crippen LogP contribution in [0.5, 0.6) is 0 Å². The summed E-state index contributed by atoms with van der Waals surface area (Å²) in [5.41, 5.74) is 5.19. The number of oxime groups is 1. The number of rotatable bonds is 7. The second kappa shape index (κ2) is 11.4. The molecule has 0 radical (unpaired) electrons. The monoisotopic (exact) mass is 628 g/mol. The Bertz CT molecular complexity index is 1450. The van der Waals surface area contributed by atoms with Crippen LogP contribution in [-0.4, -0.2) is 93.2 Å². The molecule has 0 spiro atoms. The van der Waals surface area contributed by atoms with Crippen molar-refractivity contribution < 1.29 is 46.7 Å². The number of thiazole rings is 1. The zero-order chi connectivity index (χ0) is 30.3. The van der Waals surface area contributed by atoms with Gasteiger partial charge in [-0.3, -0.25) is 19.3 Å². The summed E-state index contributed by atoms with van der Waals surface area (Å²) in [5, 5.41) is 6.77. The van der Waals surface area contributed by atoms with E-state index in [0.717, 1.165) is 40.8 Å². The molecule has 3 amide bonds. The standard InChI is InChI=1S/C24H23F3N6O7S2/c1-39-31-14(13-9-42-23(28)29-13)17(34)30-15-19(36)33-16(21(37)40-22(38)24(25,26)27)11(8-41-20(15)33)7-10-3-2-6-32(18(10)35)12-4-5-12/h7,9,12,15,20H,2-6,8H2,1H3,(H2,28,29)(H,30,34)/b10-7?,31-14-/t15-,20-/m1/s1. The Kier molecular flexibility index (Phi) is 8.02. The molecule has 4 heterocycles. The fourth-order valence-corrected chi connectivity index (χ4v) is 6.60. The minimum absolute atomic E-state index is 0.0344. The maximum absolute atomic E-state index is 13.3. The molecule has 18 heteroatoms. The van der Waals surface area contributed by atoms with Crippen LogP contribution in [0.15, 0.2) is 33.5 Å².